The first kappa shape index (κ1) is 32.5. The molecule has 1 N–H and O–H groups in total. The number of rotatable bonds is 9. The fraction of sp³-hybridized carbons (Fsp3) is 0.385. The summed E-state index contributed by atoms with van der Waals surface area (Å²) >= 11 is 0. The molecule has 42 heavy (non-hydrogen) atoms. The largest absolute Gasteiger partial charge is 0.507 e. The molecule has 0 aliphatic carbocycles. The zero-order chi connectivity index (χ0) is 30.7. The molecule has 0 aromatic heterocycles. The second kappa shape index (κ2) is 13.0. The maximum Gasteiger partial charge on any atom is 0.123 e. The second-order valence-electron chi connectivity index (χ2n) is 14.0. The molecule has 0 heterocycles. The minimum Gasteiger partial charge on any atom is -0.507 e. The van der Waals surface area contributed by atoms with E-state index in [-0.39, 0.29) is 16.0 Å². The van der Waals surface area contributed by atoms with Crippen LogP contribution >= 0.6 is 16.5 Å². The number of phenols is 1. The van der Waals surface area contributed by atoms with Crippen LogP contribution < -0.4 is 21.2 Å². The molecule has 0 bridgehead atoms. The van der Waals surface area contributed by atoms with Gasteiger partial charge in [0.25, 0.3) is 0 Å². The topological polar surface area (TPSA) is 20.2 Å². The van der Waals surface area contributed by atoms with Crippen molar-refractivity contribution >= 4 is 37.7 Å². The van der Waals surface area contributed by atoms with Crippen molar-refractivity contribution in [3.8, 4) is 5.75 Å². The summed E-state index contributed by atoms with van der Waals surface area (Å²) in [7, 11) is -0.202. The zero-order valence-corrected chi connectivity index (χ0v) is 29.1. The molecule has 0 aliphatic rings. The molecular weight excluding hydrogens is 546 g/mol. The average molecular weight is 597 g/mol. The lowest BCUT2D eigenvalue weighted by molar-refractivity contribution is 0.425. The summed E-state index contributed by atoms with van der Waals surface area (Å²) in [4.78, 5) is 0. The van der Waals surface area contributed by atoms with Gasteiger partial charge in [0.15, 0.2) is 0 Å². The van der Waals surface area contributed by atoms with Gasteiger partial charge in [-0.2, -0.15) is 0 Å². The van der Waals surface area contributed by atoms with Crippen molar-refractivity contribution in [3.63, 3.8) is 0 Å². The van der Waals surface area contributed by atoms with Crippen molar-refractivity contribution < 1.29 is 5.11 Å². The van der Waals surface area contributed by atoms with Crippen LogP contribution in [0.5, 0.6) is 5.75 Å². The van der Waals surface area contributed by atoms with Gasteiger partial charge in [0.1, 0.15) is 5.75 Å². The fourth-order valence-corrected chi connectivity index (χ4v) is 10.3. The minimum atomic E-state index is -0.730. The molecule has 2 atom stereocenters. The number of aryl methyl sites for hydroxylation is 1. The van der Waals surface area contributed by atoms with Gasteiger partial charge in [0, 0.05) is 10.7 Å². The van der Waals surface area contributed by atoms with Crippen LogP contribution in [0.4, 0.5) is 0 Å². The Balaban J connectivity index is 1.97. The lowest BCUT2D eigenvalue weighted by Crippen LogP contribution is -2.33. The van der Waals surface area contributed by atoms with E-state index >= 15 is 0 Å². The van der Waals surface area contributed by atoms with Gasteiger partial charge in [-0.3, -0.25) is 0 Å². The van der Waals surface area contributed by atoms with Crippen molar-refractivity contribution in [2.24, 2.45) is 0 Å². The van der Waals surface area contributed by atoms with E-state index in [0.29, 0.717) is 14.3 Å². The van der Waals surface area contributed by atoms with Crippen molar-refractivity contribution in [2.45, 2.75) is 97.6 Å². The molecule has 3 heteroatoms. The molecule has 222 valence electrons. The second-order valence-corrected chi connectivity index (χ2v) is 18.0. The van der Waals surface area contributed by atoms with Gasteiger partial charge in [-0.05, 0) is 70.0 Å². The Morgan fingerprint density at radius 2 is 1.24 bits per heavy atom. The SMILES string of the molecule is CCCCC(C)(Pc1c(C)cccc1P(c1ccccc1)c1ccccc1)c1cc(C(C)(C)C)cc(C(C)(C)C)c1O. The molecule has 4 rings (SSSR count). The summed E-state index contributed by atoms with van der Waals surface area (Å²) in [6.45, 7) is 20.5. The van der Waals surface area contributed by atoms with E-state index in [1.165, 1.54) is 32.3 Å². The lowest BCUT2D eigenvalue weighted by Gasteiger charge is -2.37. The highest BCUT2D eigenvalue weighted by Gasteiger charge is 2.36. The summed E-state index contributed by atoms with van der Waals surface area (Å²) in [6.07, 6.45) is 3.29. The summed E-state index contributed by atoms with van der Waals surface area (Å²) in [5, 5.41) is 17.5. The molecular formula is C39H50OP2. The van der Waals surface area contributed by atoms with Crippen molar-refractivity contribution in [2.75, 3.05) is 0 Å². The van der Waals surface area contributed by atoms with Gasteiger partial charge in [-0.25, -0.2) is 0 Å². The first-order chi connectivity index (χ1) is 19.8. The van der Waals surface area contributed by atoms with E-state index in [4.69, 9.17) is 0 Å². The highest BCUT2D eigenvalue weighted by molar-refractivity contribution is 7.81. The Bertz CT molecular complexity index is 1440. The normalized spacial score (nSPS) is 14.0. The number of hydrogen-bond donors (Lipinski definition) is 1. The Morgan fingerprint density at radius 1 is 0.690 bits per heavy atom. The first-order valence-electron chi connectivity index (χ1n) is 15.4. The molecule has 0 amide bonds. The van der Waals surface area contributed by atoms with Crippen LogP contribution in [0.1, 0.15) is 96.9 Å². The zero-order valence-electron chi connectivity index (χ0n) is 27.2. The quantitative estimate of drug-likeness (QED) is 0.191. The molecule has 0 saturated carbocycles. The number of aromatic hydroxyl groups is 1. The van der Waals surface area contributed by atoms with Crippen LogP contribution in [0.2, 0.25) is 0 Å². The Hall–Kier alpha value is -2.46. The monoisotopic (exact) mass is 596 g/mol. The van der Waals surface area contributed by atoms with Crippen molar-refractivity contribution in [3.05, 3.63) is 113 Å². The Kier molecular flexibility index (Phi) is 10.1. The molecule has 2 unspecified atom stereocenters. The third kappa shape index (κ3) is 7.18. The molecule has 0 fully saturated rings. The van der Waals surface area contributed by atoms with Crippen LogP contribution in [0.15, 0.2) is 91.0 Å². The van der Waals surface area contributed by atoms with Crippen LogP contribution in [0, 0.1) is 6.92 Å². The maximum absolute atomic E-state index is 12.0. The first-order valence-corrected chi connectivity index (χ1v) is 17.8. The number of benzene rings is 4. The summed E-state index contributed by atoms with van der Waals surface area (Å²) in [5.41, 5.74) is 4.64. The molecule has 0 saturated heterocycles. The van der Waals surface area contributed by atoms with Crippen LogP contribution in [-0.2, 0) is 16.0 Å². The fourth-order valence-electron chi connectivity index (χ4n) is 5.71. The van der Waals surface area contributed by atoms with Crippen LogP contribution in [0.3, 0.4) is 0 Å². The van der Waals surface area contributed by atoms with Crippen molar-refractivity contribution in [1.82, 2.24) is 0 Å². The van der Waals surface area contributed by atoms with Gasteiger partial charge in [0.05, 0.1) is 0 Å². The molecule has 4 aromatic rings. The van der Waals surface area contributed by atoms with E-state index in [9.17, 15) is 5.11 Å². The van der Waals surface area contributed by atoms with Gasteiger partial charge < -0.3 is 5.11 Å². The number of phenolic OH excluding ortho intramolecular Hbond substituents is 1. The van der Waals surface area contributed by atoms with Gasteiger partial charge in [0.2, 0.25) is 0 Å². The highest BCUT2D eigenvalue weighted by Crippen LogP contribution is 2.52. The lowest BCUT2D eigenvalue weighted by atomic mass is 9.77. The Morgan fingerprint density at radius 3 is 1.74 bits per heavy atom. The predicted octanol–water partition coefficient (Wildman–Crippen LogP) is 9.46. The molecule has 0 spiro atoms. The van der Waals surface area contributed by atoms with E-state index < -0.39 is 7.92 Å². The number of hydrogen-bond acceptors (Lipinski definition) is 1. The summed E-state index contributed by atoms with van der Waals surface area (Å²) < 4.78 is 0. The smallest absolute Gasteiger partial charge is 0.123 e. The van der Waals surface area contributed by atoms with Crippen LogP contribution in [0.25, 0.3) is 0 Å². The standard InChI is InChI=1S/C39H50OP2/c1-10-11-25-39(9,33-27-29(37(3,4)5)26-32(35(33)40)38(6,7)8)41-36-28(2)19-18-24-34(36)42(30-20-14-12-15-21-30)31-22-16-13-17-23-31/h12-24,26-27,40-41H,10-11,25H2,1-9H3. The minimum absolute atomic E-state index is 0.0139. The van der Waals surface area contributed by atoms with E-state index in [2.05, 4.69) is 153 Å². The third-order valence-electron chi connectivity index (χ3n) is 8.33. The third-order valence-corrected chi connectivity index (χ3v) is 13.0. The van der Waals surface area contributed by atoms with E-state index in [1.807, 2.05) is 0 Å². The van der Waals surface area contributed by atoms with Gasteiger partial charge in [-0.1, -0.05) is 168 Å². The summed E-state index contributed by atoms with van der Waals surface area (Å²) in [6, 6.07) is 33.5. The van der Waals surface area contributed by atoms with Gasteiger partial charge >= 0.3 is 0 Å². The molecule has 4 aromatic carbocycles. The summed E-state index contributed by atoms with van der Waals surface area (Å²) in [5.74, 6) is 0.491. The molecule has 1 nitrogen and oxygen atoms in total. The Labute approximate surface area is 258 Å². The van der Waals surface area contributed by atoms with E-state index in [0.717, 1.165) is 30.4 Å². The highest BCUT2D eigenvalue weighted by atomic mass is 31.1. The van der Waals surface area contributed by atoms with Crippen molar-refractivity contribution in [1.29, 1.82) is 0 Å². The molecule has 0 radical (unpaired) electrons. The average Bonchev–Trinajstić information content (AvgIpc) is 2.94. The predicted molar refractivity (Wildman–Crippen MR) is 190 cm³/mol. The van der Waals surface area contributed by atoms with E-state index in [1.54, 1.807) is 0 Å². The van der Waals surface area contributed by atoms with Crippen LogP contribution in [-0.4, -0.2) is 5.11 Å². The maximum atomic E-state index is 12.0. The molecule has 0 aliphatic heterocycles. The number of unbranched alkanes of at least 4 members (excludes halogenated alkanes) is 1. The van der Waals surface area contributed by atoms with Gasteiger partial charge in [-0.15, -0.1) is 0 Å².